The summed E-state index contributed by atoms with van der Waals surface area (Å²) in [6.07, 6.45) is -4.81. The Balaban J connectivity index is 2.55. The second-order valence-electron chi connectivity index (χ2n) is 4.56. The number of rotatable bonds is 5. The quantitative estimate of drug-likeness (QED) is 0.315. The zero-order valence-electron chi connectivity index (χ0n) is 9.77. The molecule has 8 heteroatoms. The summed E-state index contributed by atoms with van der Waals surface area (Å²) in [6, 6.07) is -0.705. The van der Waals surface area contributed by atoms with E-state index in [9.17, 15) is 25.2 Å². The molecule has 0 spiro atoms. The monoisotopic (exact) mass is 265 g/mol. The molecule has 18 heavy (non-hydrogen) atoms. The van der Waals surface area contributed by atoms with Gasteiger partial charge in [0, 0.05) is 18.9 Å². The van der Waals surface area contributed by atoms with Crippen LogP contribution in [0.1, 0.15) is 19.3 Å². The van der Waals surface area contributed by atoms with Crippen molar-refractivity contribution < 1.29 is 35.1 Å². The average Bonchev–Trinajstić information content (AvgIpc) is 2.29. The van der Waals surface area contributed by atoms with Crippen molar-refractivity contribution in [3.8, 4) is 0 Å². The normalized spacial score (nSPS) is 38.4. The van der Waals surface area contributed by atoms with Crippen LogP contribution in [-0.4, -0.2) is 68.2 Å². The zero-order valence-corrected chi connectivity index (χ0v) is 9.77. The molecule has 1 unspecified atom stereocenters. The van der Waals surface area contributed by atoms with Crippen molar-refractivity contribution in [3.63, 3.8) is 0 Å². The van der Waals surface area contributed by atoms with Crippen LogP contribution in [0.5, 0.6) is 0 Å². The number of carboxylic acid groups (broad SMARTS) is 1. The Morgan fingerprint density at radius 3 is 2.61 bits per heavy atom. The van der Waals surface area contributed by atoms with Gasteiger partial charge in [-0.25, -0.2) is 0 Å². The number of aliphatic hydroxyl groups excluding tert-OH is 3. The third-order valence-electron chi connectivity index (χ3n) is 2.97. The lowest BCUT2D eigenvalue weighted by molar-refractivity contribution is -0.324. The molecule has 0 aliphatic carbocycles. The molecule has 0 saturated carbocycles. The Bertz CT molecular complexity index is 300. The average molecular weight is 265 g/mol. The zero-order chi connectivity index (χ0) is 13.9. The molecule has 106 valence electrons. The van der Waals surface area contributed by atoms with E-state index in [4.69, 9.17) is 15.6 Å². The second-order valence-corrected chi connectivity index (χ2v) is 4.56. The Labute approximate surface area is 104 Å². The number of carbonyl (C=O) groups is 1. The highest BCUT2D eigenvalue weighted by Crippen LogP contribution is 2.28. The number of hydrogen-bond acceptors (Lipinski definition) is 7. The lowest BCUT2D eigenvalue weighted by Crippen LogP contribution is -2.62. The molecule has 1 aliphatic heterocycles. The summed E-state index contributed by atoms with van der Waals surface area (Å²) in [4.78, 5) is 10.4. The van der Waals surface area contributed by atoms with Crippen molar-refractivity contribution in [2.45, 2.75) is 49.4 Å². The summed E-state index contributed by atoms with van der Waals surface area (Å²) in [5, 5.41) is 46.8. The molecule has 1 heterocycles. The summed E-state index contributed by atoms with van der Waals surface area (Å²) >= 11 is 0. The van der Waals surface area contributed by atoms with Crippen molar-refractivity contribution in [2.24, 2.45) is 5.73 Å². The minimum atomic E-state index is -2.07. The number of aliphatic hydroxyl groups is 4. The molecule has 0 aromatic rings. The topological polar surface area (TPSA) is 153 Å². The highest BCUT2D eigenvalue weighted by Gasteiger charge is 2.48. The first kappa shape index (κ1) is 15.3. The summed E-state index contributed by atoms with van der Waals surface area (Å²) in [6.45, 7) is -0.333. The van der Waals surface area contributed by atoms with Crippen LogP contribution >= 0.6 is 0 Å². The molecule has 7 N–H and O–H groups in total. The van der Waals surface area contributed by atoms with Crippen LogP contribution in [0, 0.1) is 0 Å². The Kier molecular flexibility index (Phi) is 5.02. The molecule has 0 radical (unpaired) electrons. The lowest BCUT2D eigenvalue weighted by atomic mass is 9.91. The predicted octanol–water partition coefficient (Wildman–Crippen LogP) is -2.63. The summed E-state index contributed by atoms with van der Waals surface area (Å²) < 4.78 is 4.91. The maximum absolute atomic E-state index is 10.4. The third kappa shape index (κ3) is 3.61. The maximum Gasteiger partial charge on any atom is 0.303 e. The summed E-state index contributed by atoms with van der Waals surface area (Å²) in [5.41, 5.74) is 5.62. The molecular weight excluding hydrogens is 246 g/mol. The molecule has 0 bridgehead atoms. The van der Waals surface area contributed by atoms with Crippen LogP contribution < -0.4 is 5.73 Å². The molecule has 0 aromatic heterocycles. The largest absolute Gasteiger partial charge is 0.481 e. The van der Waals surface area contributed by atoms with E-state index in [2.05, 4.69) is 0 Å². The first-order valence-electron chi connectivity index (χ1n) is 5.64. The van der Waals surface area contributed by atoms with E-state index in [1.54, 1.807) is 0 Å². The lowest BCUT2D eigenvalue weighted by Gasteiger charge is -2.42. The summed E-state index contributed by atoms with van der Waals surface area (Å²) in [5.74, 6) is -3.09. The van der Waals surface area contributed by atoms with Gasteiger partial charge < -0.3 is 36.0 Å². The van der Waals surface area contributed by atoms with Gasteiger partial charge in [0.2, 0.25) is 0 Å². The molecule has 8 nitrogen and oxygen atoms in total. The molecule has 1 rings (SSSR count). The maximum atomic E-state index is 10.4. The van der Waals surface area contributed by atoms with Crippen molar-refractivity contribution in [1.29, 1.82) is 0 Å². The van der Waals surface area contributed by atoms with Crippen molar-refractivity contribution in [2.75, 3.05) is 6.61 Å². The van der Waals surface area contributed by atoms with Gasteiger partial charge in [-0.1, -0.05) is 0 Å². The van der Waals surface area contributed by atoms with Crippen molar-refractivity contribution in [1.82, 2.24) is 0 Å². The van der Waals surface area contributed by atoms with E-state index in [1.165, 1.54) is 0 Å². The standard InChI is InChI=1S/C10H19NO7/c11-5(1-2-7(13)14)3-10(17)9(16)8(15)6(12)4-18-10/h5-6,8-9,12,15-17H,1-4,11H2,(H,13,14)/t5?,6-,8+,9-,10+/m1/s1. The van der Waals surface area contributed by atoms with Gasteiger partial charge in [-0.05, 0) is 6.42 Å². The minimum absolute atomic E-state index is 0.104. The fourth-order valence-corrected chi connectivity index (χ4v) is 1.86. The van der Waals surface area contributed by atoms with E-state index >= 15 is 0 Å². The SMILES string of the molecule is NC(CCC(=O)O)C[C@]1(O)OC[C@@H](O)[C@H](O)[C@H]1O. The minimum Gasteiger partial charge on any atom is -0.481 e. The van der Waals surface area contributed by atoms with E-state index in [0.29, 0.717) is 0 Å². The molecule has 1 saturated heterocycles. The predicted molar refractivity (Wildman–Crippen MR) is 58.4 cm³/mol. The number of carboxylic acids is 1. The smallest absolute Gasteiger partial charge is 0.303 e. The molecule has 0 amide bonds. The Morgan fingerprint density at radius 2 is 2.06 bits per heavy atom. The van der Waals surface area contributed by atoms with Gasteiger partial charge in [0.15, 0.2) is 5.79 Å². The van der Waals surface area contributed by atoms with Gasteiger partial charge in [0.1, 0.15) is 18.3 Å². The van der Waals surface area contributed by atoms with E-state index in [1.807, 2.05) is 0 Å². The molecule has 0 aromatic carbocycles. The Hall–Kier alpha value is -0.770. The fourth-order valence-electron chi connectivity index (χ4n) is 1.86. The van der Waals surface area contributed by atoms with Crippen LogP contribution in [0.4, 0.5) is 0 Å². The molecule has 1 fully saturated rings. The van der Waals surface area contributed by atoms with Crippen molar-refractivity contribution in [3.05, 3.63) is 0 Å². The van der Waals surface area contributed by atoms with Crippen LogP contribution in [-0.2, 0) is 9.53 Å². The van der Waals surface area contributed by atoms with Gasteiger partial charge >= 0.3 is 5.97 Å². The molecule has 5 atom stereocenters. The second kappa shape index (κ2) is 5.91. The number of ether oxygens (including phenoxy) is 1. The number of aliphatic carboxylic acids is 1. The van der Waals surface area contributed by atoms with Crippen LogP contribution in [0.2, 0.25) is 0 Å². The van der Waals surface area contributed by atoms with E-state index in [-0.39, 0.29) is 25.9 Å². The Morgan fingerprint density at radius 1 is 1.44 bits per heavy atom. The van der Waals surface area contributed by atoms with E-state index in [0.717, 1.165) is 0 Å². The van der Waals surface area contributed by atoms with Gasteiger partial charge in [0.05, 0.1) is 6.61 Å². The van der Waals surface area contributed by atoms with Gasteiger partial charge in [-0.3, -0.25) is 4.79 Å². The van der Waals surface area contributed by atoms with Crippen LogP contribution in [0.25, 0.3) is 0 Å². The molecule has 1 aliphatic rings. The van der Waals surface area contributed by atoms with Crippen LogP contribution in [0.15, 0.2) is 0 Å². The van der Waals surface area contributed by atoms with Crippen molar-refractivity contribution >= 4 is 5.97 Å². The first-order chi connectivity index (χ1) is 8.26. The number of nitrogens with two attached hydrogens (primary N) is 1. The van der Waals surface area contributed by atoms with Crippen LogP contribution in [0.3, 0.4) is 0 Å². The van der Waals surface area contributed by atoms with Gasteiger partial charge in [-0.15, -0.1) is 0 Å². The first-order valence-corrected chi connectivity index (χ1v) is 5.64. The fraction of sp³-hybridized carbons (Fsp3) is 0.900. The summed E-state index contributed by atoms with van der Waals surface area (Å²) in [7, 11) is 0. The number of hydrogen-bond donors (Lipinski definition) is 6. The third-order valence-corrected chi connectivity index (χ3v) is 2.97. The highest BCUT2D eigenvalue weighted by molar-refractivity contribution is 5.66. The van der Waals surface area contributed by atoms with E-state index < -0.39 is 36.1 Å². The van der Waals surface area contributed by atoms with Gasteiger partial charge in [-0.2, -0.15) is 0 Å². The van der Waals surface area contributed by atoms with Gasteiger partial charge in [0.25, 0.3) is 0 Å². The highest BCUT2D eigenvalue weighted by atomic mass is 16.6. The molecular formula is C10H19NO7.